The topological polar surface area (TPSA) is 104 Å². The summed E-state index contributed by atoms with van der Waals surface area (Å²) in [5, 5.41) is 30.2. The minimum atomic E-state index is -0.731. The number of aliphatic hydroxyl groups excluding tert-OH is 2. The van der Waals surface area contributed by atoms with Crippen molar-refractivity contribution in [2.45, 2.75) is 51.2 Å². The molecule has 1 fully saturated rings. The molecule has 2 rings (SSSR count). The van der Waals surface area contributed by atoms with Crippen molar-refractivity contribution in [3.63, 3.8) is 0 Å². The molecule has 166 valence electrons. The van der Waals surface area contributed by atoms with Gasteiger partial charge in [0, 0.05) is 31.1 Å². The first-order valence-corrected chi connectivity index (χ1v) is 11.5. The molecular formula is C23H32O6S. The van der Waals surface area contributed by atoms with Gasteiger partial charge < -0.3 is 20.1 Å². The molecule has 30 heavy (non-hydrogen) atoms. The van der Waals surface area contributed by atoms with Crippen molar-refractivity contribution in [1.82, 2.24) is 0 Å². The molecule has 1 aliphatic rings. The molecule has 1 saturated carbocycles. The molecule has 1 aromatic rings. The lowest BCUT2D eigenvalue weighted by Crippen LogP contribution is -2.20. The Bertz CT molecular complexity index is 747. The smallest absolute Gasteiger partial charge is 0.305 e. The number of ketones is 1. The minimum Gasteiger partial charge on any atom is -0.508 e. The van der Waals surface area contributed by atoms with Gasteiger partial charge in [0.15, 0.2) is 0 Å². The zero-order valence-corrected chi connectivity index (χ0v) is 18.4. The number of aryl methyl sites for hydroxylation is 1. The van der Waals surface area contributed by atoms with Crippen molar-refractivity contribution >= 4 is 23.5 Å². The van der Waals surface area contributed by atoms with E-state index in [0.717, 1.165) is 29.1 Å². The number of esters is 1. The Morgan fingerprint density at radius 1 is 1.37 bits per heavy atom. The van der Waals surface area contributed by atoms with Crippen molar-refractivity contribution in [1.29, 1.82) is 0 Å². The number of phenols is 1. The largest absolute Gasteiger partial charge is 0.508 e. The van der Waals surface area contributed by atoms with Crippen LogP contribution in [0.5, 0.6) is 5.75 Å². The number of aliphatic hydroxyl groups is 2. The number of ether oxygens (including phenoxy) is 1. The minimum absolute atomic E-state index is 0.0657. The van der Waals surface area contributed by atoms with Crippen molar-refractivity contribution in [3.8, 4) is 5.75 Å². The van der Waals surface area contributed by atoms with Crippen LogP contribution in [0.15, 0.2) is 30.4 Å². The van der Waals surface area contributed by atoms with Gasteiger partial charge >= 0.3 is 5.97 Å². The number of benzene rings is 1. The lowest BCUT2D eigenvalue weighted by Gasteiger charge is -2.18. The summed E-state index contributed by atoms with van der Waals surface area (Å²) in [6, 6.07) is 5.22. The van der Waals surface area contributed by atoms with Gasteiger partial charge in [0.2, 0.25) is 0 Å². The van der Waals surface area contributed by atoms with E-state index < -0.39 is 12.2 Å². The second-order valence-electron chi connectivity index (χ2n) is 7.78. The lowest BCUT2D eigenvalue weighted by molar-refractivity contribution is -0.140. The molecule has 1 aromatic carbocycles. The van der Waals surface area contributed by atoms with E-state index in [1.807, 2.05) is 6.07 Å². The van der Waals surface area contributed by atoms with Crippen molar-refractivity contribution in [2.75, 3.05) is 18.6 Å². The lowest BCUT2D eigenvalue weighted by atomic mass is 9.91. The van der Waals surface area contributed by atoms with E-state index in [-0.39, 0.29) is 35.8 Å². The third-order valence-corrected chi connectivity index (χ3v) is 6.57. The maximum atomic E-state index is 12.3. The fourth-order valence-corrected chi connectivity index (χ4v) is 4.71. The summed E-state index contributed by atoms with van der Waals surface area (Å²) in [5.41, 5.74) is 1.66. The summed E-state index contributed by atoms with van der Waals surface area (Å²) in [4.78, 5) is 23.4. The van der Waals surface area contributed by atoms with Gasteiger partial charge in [0.1, 0.15) is 11.5 Å². The van der Waals surface area contributed by atoms with Crippen LogP contribution in [0.3, 0.4) is 0 Å². The van der Waals surface area contributed by atoms with Crippen LogP contribution in [0.25, 0.3) is 0 Å². The maximum Gasteiger partial charge on any atom is 0.305 e. The van der Waals surface area contributed by atoms with Crippen molar-refractivity contribution < 1.29 is 29.6 Å². The quantitative estimate of drug-likeness (QED) is 0.278. The Morgan fingerprint density at radius 2 is 2.13 bits per heavy atom. The second-order valence-corrected chi connectivity index (χ2v) is 9.00. The Hall–Kier alpha value is -1.83. The molecule has 0 radical (unpaired) electrons. The molecule has 0 aromatic heterocycles. The Balaban J connectivity index is 1.83. The number of Topliss-reactive ketones (excluding diaryl/α,β-unsaturated/α-hetero) is 1. The van der Waals surface area contributed by atoms with Gasteiger partial charge in [-0.05, 0) is 48.5 Å². The first kappa shape index (κ1) is 24.4. The number of methoxy groups -OCH3 is 1. The first-order chi connectivity index (χ1) is 14.3. The normalized spacial score (nSPS) is 22.5. The van der Waals surface area contributed by atoms with E-state index in [9.17, 15) is 24.9 Å². The fraction of sp³-hybridized carbons (Fsp3) is 0.565. The average molecular weight is 437 g/mol. The predicted molar refractivity (Wildman–Crippen MR) is 117 cm³/mol. The number of carbonyl (C=O) groups excluding carboxylic acids is 2. The zero-order valence-electron chi connectivity index (χ0n) is 17.6. The van der Waals surface area contributed by atoms with Crippen LogP contribution in [0.1, 0.15) is 36.8 Å². The zero-order chi connectivity index (χ0) is 22.1. The molecule has 7 heteroatoms. The summed E-state index contributed by atoms with van der Waals surface area (Å²) in [6.07, 6.45) is 4.34. The molecule has 4 atom stereocenters. The number of aromatic hydroxyl groups is 1. The van der Waals surface area contributed by atoms with Crippen LogP contribution in [0, 0.1) is 18.8 Å². The van der Waals surface area contributed by atoms with Crippen molar-refractivity contribution in [3.05, 3.63) is 41.5 Å². The molecule has 0 aliphatic heterocycles. The third kappa shape index (κ3) is 7.45. The highest BCUT2D eigenvalue weighted by molar-refractivity contribution is 7.99. The molecule has 6 nitrogen and oxygen atoms in total. The monoisotopic (exact) mass is 436 g/mol. The van der Waals surface area contributed by atoms with Gasteiger partial charge in [-0.15, -0.1) is 0 Å². The molecule has 3 N–H and O–H groups in total. The van der Waals surface area contributed by atoms with E-state index in [4.69, 9.17) is 0 Å². The summed E-state index contributed by atoms with van der Waals surface area (Å²) in [6.45, 7) is 1.81. The highest BCUT2D eigenvalue weighted by atomic mass is 32.2. The molecule has 0 saturated heterocycles. The number of phenolic OH excluding ortho intramolecular Hbond substituents is 1. The number of carbonyl (C=O) groups is 2. The molecule has 0 unspecified atom stereocenters. The first-order valence-electron chi connectivity index (χ1n) is 10.3. The number of hydrogen-bond acceptors (Lipinski definition) is 7. The summed E-state index contributed by atoms with van der Waals surface area (Å²) >= 11 is 1.69. The molecule has 1 aliphatic carbocycles. The SMILES string of the molecule is COC(=O)CCCSCC[C@H]1C(=O)C[C@@H](O)[C@@H]1/C=C/[C@@H](O)Cc1ccc(O)c(C)c1. The van der Waals surface area contributed by atoms with E-state index in [1.54, 1.807) is 43.0 Å². The van der Waals surface area contributed by atoms with Gasteiger partial charge in [0.25, 0.3) is 0 Å². The van der Waals surface area contributed by atoms with Gasteiger partial charge in [-0.25, -0.2) is 0 Å². The number of thioether (sulfide) groups is 1. The van der Waals surface area contributed by atoms with Crippen molar-refractivity contribution in [2.24, 2.45) is 11.8 Å². The number of hydrogen-bond donors (Lipinski definition) is 3. The van der Waals surface area contributed by atoms with Gasteiger partial charge in [-0.1, -0.05) is 24.3 Å². The van der Waals surface area contributed by atoms with E-state index >= 15 is 0 Å². The Morgan fingerprint density at radius 3 is 2.83 bits per heavy atom. The Kier molecular flexibility index (Phi) is 9.88. The standard InChI is InChI=1S/C23H32O6S/c1-15-12-16(5-8-20(15)25)13-17(24)6-7-18-19(22(27)14-21(18)26)9-11-30-10-3-4-23(28)29-2/h5-8,12,17-19,21,24-26H,3-4,9-11,13-14H2,1-2H3/b7-6+/t17-,18-,19-,21-/m1/s1. The van der Waals surface area contributed by atoms with E-state index in [2.05, 4.69) is 4.74 Å². The van der Waals surface area contributed by atoms with Gasteiger partial charge in [-0.3, -0.25) is 9.59 Å². The highest BCUT2D eigenvalue weighted by Gasteiger charge is 2.39. The predicted octanol–water partition coefficient (Wildman–Crippen LogP) is 2.80. The van der Waals surface area contributed by atoms with E-state index in [0.29, 0.717) is 19.3 Å². The van der Waals surface area contributed by atoms with Crippen LogP contribution in [0.4, 0.5) is 0 Å². The van der Waals surface area contributed by atoms with Gasteiger partial charge in [-0.2, -0.15) is 11.8 Å². The molecule has 0 spiro atoms. The highest BCUT2D eigenvalue weighted by Crippen LogP contribution is 2.34. The molecule has 0 bridgehead atoms. The van der Waals surface area contributed by atoms with Gasteiger partial charge in [0.05, 0.1) is 19.3 Å². The molecular weight excluding hydrogens is 404 g/mol. The molecule has 0 amide bonds. The van der Waals surface area contributed by atoms with Crippen LogP contribution in [-0.2, 0) is 20.7 Å². The summed E-state index contributed by atoms with van der Waals surface area (Å²) < 4.78 is 4.61. The van der Waals surface area contributed by atoms with Crippen LogP contribution < -0.4 is 0 Å². The van der Waals surface area contributed by atoms with E-state index in [1.165, 1.54) is 7.11 Å². The average Bonchev–Trinajstić information content (AvgIpc) is 2.98. The second kappa shape index (κ2) is 12.1. The maximum absolute atomic E-state index is 12.3. The number of rotatable bonds is 11. The summed E-state index contributed by atoms with van der Waals surface area (Å²) in [7, 11) is 1.38. The van der Waals surface area contributed by atoms with Crippen LogP contribution >= 0.6 is 11.8 Å². The Labute approximate surface area is 182 Å². The fourth-order valence-electron chi connectivity index (χ4n) is 3.74. The third-order valence-electron chi connectivity index (χ3n) is 5.46. The van der Waals surface area contributed by atoms with Crippen LogP contribution in [-0.4, -0.2) is 57.9 Å². The molecule has 0 heterocycles. The van der Waals surface area contributed by atoms with Crippen LogP contribution in [0.2, 0.25) is 0 Å². The summed E-state index contributed by atoms with van der Waals surface area (Å²) in [5.74, 6) is 1.15.